The molecule has 0 spiro atoms. The predicted octanol–water partition coefficient (Wildman–Crippen LogP) is 1.10. The summed E-state index contributed by atoms with van der Waals surface area (Å²) in [6.45, 7) is 4.57. The molecule has 1 aromatic heterocycles. The standard InChI is InChI=1S/C16H21N3O3/c1-3-5-10-17-14(20)11-19-13-9-7-6-8-12(13)15(21)18(4-2)16(19)22/h6-9H,3-5,10-11H2,1-2H3,(H,17,20). The number of benzene rings is 1. The molecule has 6 heteroatoms. The van der Waals surface area contributed by atoms with Crippen LogP contribution in [0.1, 0.15) is 26.7 Å². The van der Waals surface area contributed by atoms with E-state index in [1.807, 2.05) is 6.92 Å². The lowest BCUT2D eigenvalue weighted by Gasteiger charge is -2.13. The van der Waals surface area contributed by atoms with Gasteiger partial charge in [-0.25, -0.2) is 4.79 Å². The smallest absolute Gasteiger partial charge is 0.331 e. The Morgan fingerprint density at radius 2 is 1.86 bits per heavy atom. The number of unbranched alkanes of at least 4 members (excludes halogenated alkanes) is 1. The molecule has 0 fully saturated rings. The molecule has 2 rings (SSSR count). The molecular weight excluding hydrogens is 282 g/mol. The average Bonchev–Trinajstić information content (AvgIpc) is 2.52. The Morgan fingerprint density at radius 3 is 2.55 bits per heavy atom. The largest absolute Gasteiger partial charge is 0.355 e. The molecule has 118 valence electrons. The molecular formula is C16H21N3O3. The second-order valence-corrected chi connectivity index (χ2v) is 5.14. The van der Waals surface area contributed by atoms with Gasteiger partial charge in [0.05, 0.1) is 10.9 Å². The van der Waals surface area contributed by atoms with Gasteiger partial charge < -0.3 is 5.32 Å². The van der Waals surface area contributed by atoms with Crippen LogP contribution in [0.4, 0.5) is 0 Å². The van der Waals surface area contributed by atoms with Gasteiger partial charge in [-0.2, -0.15) is 0 Å². The lowest BCUT2D eigenvalue weighted by atomic mass is 10.2. The van der Waals surface area contributed by atoms with E-state index >= 15 is 0 Å². The van der Waals surface area contributed by atoms with Crippen molar-refractivity contribution in [2.45, 2.75) is 39.8 Å². The van der Waals surface area contributed by atoms with E-state index in [1.165, 1.54) is 4.57 Å². The van der Waals surface area contributed by atoms with Gasteiger partial charge in [0, 0.05) is 13.1 Å². The van der Waals surface area contributed by atoms with Crippen molar-refractivity contribution in [1.82, 2.24) is 14.5 Å². The van der Waals surface area contributed by atoms with Crippen LogP contribution in [0.2, 0.25) is 0 Å². The number of rotatable bonds is 6. The minimum absolute atomic E-state index is 0.0800. The highest BCUT2D eigenvalue weighted by Gasteiger charge is 2.13. The quantitative estimate of drug-likeness (QED) is 0.812. The van der Waals surface area contributed by atoms with Crippen molar-refractivity contribution < 1.29 is 4.79 Å². The Balaban J connectivity index is 2.46. The fraction of sp³-hybridized carbons (Fsp3) is 0.438. The molecule has 22 heavy (non-hydrogen) atoms. The molecule has 6 nitrogen and oxygen atoms in total. The van der Waals surface area contributed by atoms with Crippen LogP contribution in [0.3, 0.4) is 0 Å². The number of nitrogens with zero attached hydrogens (tertiary/aromatic N) is 2. The van der Waals surface area contributed by atoms with Gasteiger partial charge in [-0.1, -0.05) is 25.5 Å². The van der Waals surface area contributed by atoms with E-state index in [-0.39, 0.29) is 24.6 Å². The molecule has 1 aromatic carbocycles. The Labute approximate surface area is 128 Å². The first kappa shape index (κ1) is 16.0. The maximum absolute atomic E-state index is 12.4. The molecule has 0 bridgehead atoms. The maximum Gasteiger partial charge on any atom is 0.331 e. The van der Waals surface area contributed by atoms with Crippen LogP contribution in [0.25, 0.3) is 10.9 Å². The average molecular weight is 303 g/mol. The summed E-state index contributed by atoms with van der Waals surface area (Å²) in [5.74, 6) is -0.220. The molecule has 0 unspecified atom stereocenters. The van der Waals surface area contributed by atoms with Crippen LogP contribution in [0.5, 0.6) is 0 Å². The molecule has 0 saturated heterocycles. The van der Waals surface area contributed by atoms with Crippen molar-refractivity contribution >= 4 is 16.8 Å². The molecule has 0 aliphatic carbocycles. The maximum atomic E-state index is 12.4. The summed E-state index contributed by atoms with van der Waals surface area (Å²) in [5.41, 5.74) is -0.268. The summed E-state index contributed by atoms with van der Waals surface area (Å²) >= 11 is 0. The van der Waals surface area contributed by atoms with Crippen LogP contribution in [-0.2, 0) is 17.9 Å². The van der Waals surface area contributed by atoms with Gasteiger partial charge in [-0.15, -0.1) is 0 Å². The Morgan fingerprint density at radius 1 is 1.14 bits per heavy atom. The monoisotopic (exact) mass is 303 g/mol. The van der Waals surface area contributed by atoms with Crippen molar-refractivity contribution in [3.8, 4) is 0 Å². The Bertz CT molecular complexity index is 789. The molecule has 1 N–H and O–H groups in total. The van der Waals surface area contributed by atoms with Crippen molar-refractivity contribution in [3.05, 3.63) is 45.1 Å². The molecule has 1 amide bonds. The zero-order valence-corrected chi connectivity index (χ0v) is 13.0. The van der Waals surface area contributed by atoms with Crippen molar-refractivity contribution in [1.29, 1.82) is 0 Å². The highest BCUT2D eigenvalue weighted by Crippen LogP contribution is 2.07. The first-order valence-corrected chi connectivity index (χ1v) is 7.59. The van der Waals surface area contributed by atoms with Gasteiger partial charge in [-0.3, -0.25) is 18.7 Å². The zero-order chi connectivity index (χ0) is 16.1. The van der Waals surface area contributed by atoms with Gasteiger partial charge in [-0.05, 0) is 25.5 Å². The minimum Gasteiger partial charge on any atom is -0.355 e. The number of hydrogen-bond donors (Lipinski definition) is 1. The molecule has 0 aliphatic rings. The number of aromatic nitrogens is 2. The number of fused-ring (bicyclic) bond motifs is 1. The van der Waals surface area contributed by atoms with Gasteiger partial charge in [0.2, 0.25) is 5.91 Å². The van der Waals surface area contributed by atoms with E-state index < -0.39 is 5.69 Å². The van der Waals surface area contributed by atoms with Gasteiger partial charge >= 0.3 is 5.69 Å². The SMILES string of the molecule is CCCCNC(=O)Cn1c(=O)n(CC)c(=O)c2ccccc21. The van der Waals surface area contributed by atoms with E-state index in [9.17, 15) is 14.4 Å². The van der Waals surface area contributed by atoms with Crippen LogP contribution in [0.15, 0.2) is 33.9 Å². The second-order valence-electron chi connectivity index (χ2n) is 5.14. The summed E-state index contributed by atoms with van der Waals surface area (Å²) in [6.07, 6.45) is 1.89. The van der Waals surface area contributed by atoms with Crippen LogP contribution >= 0.6 is 0 Å². The summed E-state index contributed by atoms with van der Waals surface area (Å²) < 4.78 is 2.52. The number of amides is 1. The number of nitrogens with one attached hydrogen (secondary N) is 1. The number of para-hydroxylation sites is 1. The minimum atomic E-state index is -0.447. The Hall–Kier alpha value is -2.37. The van der Waals surface area contributed by atoms with E-state index in [0.717, 1.165) is 17.4 Å². The second kappa shape index (κ2) is 7.06. The van der Waals surface area contributed by atoms with Crippen LogP contribution in [-0.4, -0.2) is 21.6 Å². The van der Waals surface area contributed by atoms with Crippen molar-refractivity contribution in [2.75, 3.05) is 6.54 Å². The highest BCUT2D eigenvalue weighted by atomic mass is 16.2. The van der Waals surface area contributed by atoms with Crippen molar-refractivity contribution in [2.24, 2.45) is 0 Å². The normalized spacial score (nSPS) is 10.8. The fourth-order valence-electron chi connectivity index (χ4n) is 2.41. The van der Waals surface area contributed by atoms with Crippen LogP contribution in [0, 0.1) is 0 Å². The highest BCUT2D eigenvalue weighted by molar-refractivity contribution is 5.81. The van der Waals surface area contributed by atoms with Crippen molar-refractivity contribution in [3.63, 3.8) is 0 Å². The van der Waals surface area contributed by atoms with Gasteiger partial charge in [0.25, 0.3) is 5.56 Å². The van der Waals surface area contributed by atoms with Gasteiger partial charge in [0.15, 0.2) is 0 Å². The third-order valence-corrected chi connectivity index (χ3v) is 3.60. The number of carbonyl (C=O) groups is 1. The summed E-state index contributed by atoms with van der Waals surface area (Å²) in [7, 11) is 0. The number of hydrogen-bond acceptors (Lipinski definition) is 3. The summed E-state index contributed by atoms with van der Waals surface area (Å²) in [6, 6.07) is 6.87. The first-order valence-electron chi connectivity index (χ1n) is 7.59. The van der Waals surface area contributed by atoms with E-state index in [1.54, 1.807) is 31.2 Å². The molecule has 1 heterocycles. The third kappa shape index (κ3) is 3.10. The lowest BCUT2D eigenvalue weighted by molar-refractivity contribution is -0.121. The number of carbonyl (C=O) groups excluding carboxylic acids is 1. The first-order chi connectivity index (χ1) is 10.6. The van der Waals surface area contributed by atoms with Crippen LogP contribution < -0.4 is 16.6 Å². The molecule has 0 aliphatic heterocycles. The summed E-state index contributed by atoms with van der Waals surface area (Å²) in [5, 5.41) is 3.24. The van der Waals surface area contributed by atoms with E-state index in [4.69, 9.17) is 0 Å². The zero-order valence-electron chi connectivity index (χ0n) is 13.0. The molecule has 0 saturated carbocycles. The predicted molar refractivity (Wildman–Crippen MR) is 86.1 cm³/mol. The van der Waals surface area contributed by atoms with Gasteiger partial charge in [0.1, 0.15) is 6.54 Å². The molecule has 2 aromatic rings. The topological polar surface area (TPSA) is 73.1 Å². The van der Waals surface area contributed by atoms with E-state index in [0.29, 0.717) is 17.4 Å². The molecule has 0 radical (unpaired) electrons. The van der Waals surface area contributed by atoms with E-state index in [2.05, 4.69) is 5.32 Å². The lowest BCUT2D eigenvalue weighted by Crippen LogP contribution is -2.42. The third-order valence-electron chi connectivity index (χ3n) is 3.60. The Kier molecular flexibility index (Phi) is 5.14. The fourth-order valence-corrected chi connectivity index (χ4v) is 2.41. The summed E-state index contributed by atoms with van der Waals surface area (Å²) in [4.78, 5) is 36.7. The molecule has 0 atom stereocenters.